The summed E-state index contributed by atoms with van der Waals surface area (Å²) in [6, 6.07) is 7.43. The topological polar surface area (TPSA) is 82.9 Å². The fourth-order valence-corrected chi connectivity index (χ4v) is 3.28. The van der Waals surface area contributed by atoms with E-state index < -0.39 is 5.97 Å². The first-order chi connectivity index (χ1) is 14.0. The van der Waals surface area contributed by atoms with Crippen LogP contribution >= 0.6 is 0 Å². The van der Waals surface area contributed by atoms with Gasteiger partial charge in [-0.3, -0.25) is 4.79 Å². The van der Waals surface area contributed by atoms with E-state index in [2.05, 4.69) is 5.10 Å². The smallest absolute Gasteiger partial charge is 0.361 e. The Hall–Kier alpha value is -2.87. The lowest BCUT2D eigenvalue weighted by molar-refractivity contribution is -0.116. The molecule has 1 aromatic heterocycles. The van der Waals surface area contributed by atoms with E-state index in [0.717, 1.165) is 30.6 Å². The fourth-order valence-electron chi connectivity index (χ4n) is 3.28. The Bertz CT molecular complexity index is 841. The van der Waals surface area contributed by atoms with Crippen LogP contribution in [0.1, 0.15) is 55.4 Å². The highest BCUT2D eigenvalue weighted by Crippen LogP contribution is 2.29. The number of esters is 1. The monoisotopic (exact) mass is 401 g/mol. The number of anilines is 1. The number of carbonyl (C=O) groups excluding carboxylic acids is 2. The van der Waals surface area contributed by atoms with Gasteiger partial charge in [0.15, 0.2) is 5.69 Å². The van der Waals surface area contributed by atoms with Crippen LogP contribution < -0.4 is 9.64 Å². The standard InChI is InChI=1S/C21H27N3O5/c1-4-28-21(26)20-18(14-24(22-20)19-7-5-6-12-29-19)23(15(2)25)13-16-8-10-17(27-3)11-9-16/h8-11,14,19H,4-7,12-13H2,1-3H3. The number of hydrogen-bond acceptors (Lipinski definition) is 6. The van der Waals surface area contributed by atoms with Crippen LogP contribution in [-0.4, -0.2) is 42.0 Å². The van der Waals surface area contributed by atoms with Crippen LogP contribution in [0.15, 0.2) is 30.5 Å². The van der Waals surface area contributed by atoms with Gasteiger partial charge in [-0.05, 0) is 43.9 Å². The van der Waals surface area contributed by atoms with Gasteiger partial charge >= 0.3 is 5.97 Å². The first-order valence-electron chi connectivity index (χ1n) is 9.82. The zero-order chi connectivity index (χ0) is 20.8. The van der Waals surface area contributed by atoms with Gasteiger partial charge in [-0.15, -0.1) is 0 Å². The second kappa shape index (κ2) is 9.56. The molecular formula is C21H27N3O5. The number of ether oxygens (including phenoxy) is 3. The van der Waals surface area contributed by atoms with Crippen molar-refractivity contribution in [3.05, 3.63) is 41.7 Å². The molecule has 156 valence electrons. The third kappa shape index (κ3) is 4.95. The van der Waals surface area contributed by atoms with Crippen LogP contribution in [0.3, 0.4) is 0 Å². The Balaban J connectivity index is 1.94. The summed E-state index contributed by atoms with van der Waals surface area (Å²) in [6.45, 7) is 4.37. The number of hydrogen-bond donors (Lipinski definition) is 0. The van der Waals surface area contributed by atoms with Gasteiger partial charge in [0, 0.05) is 13.5 Å². The van der Waals surface area contributed by atoms with Gasteiger partial charge in [-0.25, -0.2) is 9.48 Å². The molecule has 2 aromatic rings. The van der Waals surface area contributed by atoms with Gasteiger partial charge in [-0.1, -0.05) is 12.1 Å². The second-order valence-corrected chi connectivity index (χ2v) is 6.84. The van der Waals surface area contributed by atoms with Crippen LogP contribution in [0.5, 0.6) is 5.75 Å². The summed E-state index contributed by atoms with van der Waals surface area (Å²) < 4.78 is 17.8. The molecule has 1 fully saturated rings. The summed E-state index contributed by atoms with van der Waals surface area (Å²) in [5.74, 6) is -0.0221. The molecule has 8 heteroatoms. The van der Waals surface area contributed by atoms with E-state index in [0.29, 0.717) is 18.8 Å². The summed E-state index contributed by atoms with van der Waals surface area (Å²) in [5.41, 5.74) is 1.43. The van der Waals surface area contributed by atoms with Crippen molar-refractivity contribution < 1.29 is 23.8 Å². The third-order valence-corrected chi connectivity index (χ3v) is 4.80. The van der Waals surface area contributed by atoms with Crippen LogP contribution in [0.25, 0.3) is 0 Å². The molecule has 1 atom stereocenters. The van der Waals surface area contributed by atoms with Crippen LogP contribution in [0.2, 0.25) is 0 Å². The number of carbonyl (C=O) groups is 2. The Kier molecular flexibility index (Phi) is 6.87. The van der Waals surface area contributed by atoms with E-state index in [1.807, 2.05) is 24.3 Å². The van der Waals surface area contributed by atoms with Crippen molar-refractivity contribution >= 4 is 17.6 Å². The molecule has 29 heavy (non-hydrogen) atoms. The predicted molar refractivity (Wildman–Crippen MR) is 107 cm³/mol. The van der Waals surface area contributed by atoms with Crippen molar-refractivity contribution in [2.45, 2.75) is 45.9 Å². The molecule has 0 bridgehead atoms. The van der Waals surface area contributed by atoms with E-state index in [-0.39, 0.29) is 24.4 Å². The number of aromatic nitrogens is 2. The van der Waals surface area contributed by atoms with Crippen LogP contribution in [0.4, 0.5) is 5.69 Å². The quantitative estimate of drug-likeness (QED) is 0.662. The summed E-state index contributed by atoms with van der Waals surface area (Å²) >= 11 is 0. The number of methoxy groups -OCH3 is 1. The maximum absolute atomic E-state index is 12.5. The van der Waals surface area contributed by atoms with Crippen molar-refractivity contribution in [2.75, 3.05) is 25.2 Å². The highest BCUT2D eigenvalue weighted by molar-refractivity contribution is 6.00. The highest BCUT2D eigenvalue weighted by Gasteiger charge is 2.28. The minimum Gasteiger partial charge on any atom is -0.497 e. The fraction of sp³-hybridized carbons (Fsp3) is 0.476. The number of benzene rings is 1. The normalized spacial score (nSPS) is 16.3. The van der Waals surface area contributed by atoms with Crippen LogP contribution in [-0.2, 0) is 20.8 Å². The lowest BCUT2D eigenvalue weighted by atomic mass is 10.2. The van der Waals surface area contributed by atoms with Gasteiger partial charge in [0.05, 0.1) is 32.1 Å². The molecule has 0 radical (unpaired) electrons. The number of nitrogens with zero attached hydrogens (tertiary/aromatic N) is 3. The molecule has 1 saturated heterocycles. The second-order valence-electron chi connectivity index (χ2n) is 6.84. The Morgan fingerprint density at radius 3 is 2.62 bits per heavy atom. The first-order valence-corrected chi connectivity index (χ1v) is 9.82. The first kappa shape index (κ1) is 20.9. The van der Waals surface area contributed by atoms with Crippen LogP contribution in [0, 0.1) is 0 Å². The molecule has 1 unspecified atom stereocenters. The predicted octanol–water partition coefficient (Wildman–Crippen LogP) is 3.32. The lowest BCUT2D eigenvalue weighted by Gasteiger charge is -2.23. The average Bonchev–Trinajstić information content (AvgIpc) is 3.18. The molecule has 3 rings (SSSR count). The molecule has 0 spiro atoms. The van der Waals surface area contributed by atoms with Crippen molar-refractivity contribution in [1.29, 1.82) is 0 Å². The zero-order valence-electron chi connectivity index (χ0n) is 17.1. The Morgan fingerprint density at radius 2 is 2.03 bits per heavy atom. The van der Waals surface area contributed by atoms with Gasteiger partial charge in [0.2, 0.25) is 5.91 Å². The van der Waals surface area contributed by atoms with E-state index in [4.69, 9.17) is 14.2 Å². The minimum absolute atomic E-state index is 0.115. The summed E-state index contributed by atoms with van der Waals surface area (Å²) in [6.07, 6.45) is 4.29. The number of amides is 1. The minimum atomic E-state index is -0.557. The van der Waals surface area contributed by atoms with Gasteiger partial charge in [0.25, 0.3) is 0 Å². The van der Waals surface area contributed by atoms with E-state index in [9.17, 15) is 9.59 Å². The van der Waals surface area contributed by atoms with E-state index in [1.54, 1.807) is 24.9 Å². The van der Waals surface area contributed by atoms with Crippen molar-refractivity contribution in [1.82, 2.24) is 9.78 Å². The third-order valence-electron chi connectivity index (χ3n) is 4.80. The summed E-state index contributed by atoms with van der Waals surface area (Å²) in [4.78, 5) is 26.5. The van der Waals surface area contributed by atoms with Crippen molar-refractivity contribution in [3.63, 3.8) is 0 Å². The van der Waals surface area contributed by atoms with Gasteiger partial charge < -0.3 is 19.1 Å². The summed E-state index contributed by atoms with van der Waals surface area (Å²) in [7, 11) is 1.60. The maximum atomic E-state index is 12.5. The molecule has 0 N–H and O–H groups in total. The summed E-state index contributed by atoms with van der Waals surface area (Å²) in [5, 5.41) is 4.43. The largest absolute Gasteiger partial charge is 0.497 e. The molecule has 1 aromatic carbocycles. The number of rotatable bonds is 7. The molecule has 1 amide bonds. The van der Waals surface area contributed by atoms with Gasteiger partial charge in [0.1, 0.15) is 12.0 Å². The molecule has 8 nitrogen and oxygen atoms in total. The highest BCUT2D eigenvalue weighted by atomic mass is 16.5. The SMILES string of the molecule is CCOC(=O)c1nn(C2CCCCO2)cc1N(Cc1ccc(OC)cc1)C(C)=O. The Labute approximate surface area is 170 Å². The molecule has 0 saturated carbocycles. The molecule has 1 aliphatic heterocycles. The maximum Gasteiger partial charge on any atom is 0.361 e. The van der Waals surface area contributed by atoms with E-state index in [1.165, 1.54) is 11.8 Å². The van der Waals surface area contributed by atoms with E-state index >= 15 is 0 Å². The lowest BCUT2D eigenvalue weighted by Crippen LogP contribution is -2.29. The zero-order valence-corrected chi connectivity index (χ0v) is 17.1. The van der Waals surface area contributed by atoms with Gasteiger partial charge in [-0.2, -0.15) is 5.10 Å². The Morgan fingerprint density at radius 1 is 1.28 bits per heavy atom. The average molecular weight is 401 g/mol. The van der Waals surface area contributed by atoms with Crippen molar-refractivity contribution in [2.24, 2.45) is 0 Å². The molecule has 0 aliphatic carbocycles. The van der Waals surface area contributed by atoms with Crippen molar-refractivity contribution in [3.8, 4) is 5.75 Å². The molecule has 2 heterocycles. The molecular weight excluding hydrogens is 374 g/mol. The molecule has 1 aliphatic rings.